The Kier molecular flexibility index (Phi) is 6.70. The average molecular weight is 503 g/mol. The number of carbonyl (C=O) groups is 1. The van der Waals surface area contributed by atoms with Crippen molar-refractivity contribution in [1.82, 2.24) is 20.0 Å². The summed E-state index contributed by atoms with van der Waals surface area (Å²) in [6.45, 7) is 0.0243. The normalized spacial score (nSPS) is 11.1. The van der Waals surface area contributed by atoms with E-state index in [0.717, 1.165) is 0 Å². The van der Waals surface area contributed by atoms with E-state index in [1.54, 1.807) is 6.20 Å². The van der Waals surface area contributed by atoms with Crippen LogP contribution in [0.1, 0.15) is 10.5 Å². The van der Waals surface area contributed by atoms with Crippen molar-refractivity contribution in [1.29, 1.82) is 0 Å². The van der Waals surface area contributed by atoms with Crippen molar-refractivity contribution in [2.24, 2.45) is 0 Å². The molecule has 0 unspecified atom stereocenters. The molecule has 34 heavy (non-hydrogen) atoms. The van der Waals surface area contributed by atoms with Gasteiger partial charge in [0.15, 0.2) is 23.4 Å². The van der Waals surface area contributed by atoms with E-state index in [-0.39, 0.29) is 34.1 Å². The van der Waals surface area contributed by atoms with Crippen molar-refractivity contribution >= 4 is 39.0 Å². The number of ether oxygens (including phenoxy) is 1. The van der Waals surface area contributed by atoms with Crippen LogP contribution in [0.4, 0.5) is 15.9 Å². The molecule has 0 radical (unpaired) electrons. The van der Waals surface area contributed by atoms with Crippen LogP contribution >= 0.6 is 11.6 Å². The van der Waals surface area contributed by atoms with Crippen LogP contribution in [0.15, 0.2) is 77.8 Å². The molecule has 174 valence electrons. The number of hydrogen-bond acceptors (Lipinski definition) is 7. The molecule has 0 atom stereocenters. The second-order valence-corrected chi connectivity index (χ2v) is 8.86. The van der Waals surface area contributed by atoms with Crippen molar-refractivity contribution in [2.45, 2.75) is 11.6 Å². The highest BCUT2D eigenvalue weighted by Crippen LogP contribution is 2.18. The molecule has 0 aliphatic rings. The fourth-order valence-corrected chi connectivity index (χ4v) is 3.80. The number of nitrogens with zero attached hydrogens (tertiary/aromatic N) is 4. The first-order valence-corrected chi connectivity index (χ1v) is 11.5. The van der Waals surface area contributed by atoms with Gasteiger partial charge in [-0.15, -0.1) is 10.2 Å². The van der Waals surface area contributed by atoms with Crippen LogP contribution < -0.4 is 14.8 Å². The summed E-state index contributed by atoms with van der Waals surface area (Å²) in [7, 11) is -3.91. The smallest absolute Gasteiger partial charge is 0.276 e. The molecule has 2 aromatic heterocycles. The summed E-state index contributed by atoms with van der Waals surface area (Å²) in [6.07, 6.45) is 1.55. The molecule has 2 heterocycles. The lowest BCUT2D eigenvalue weighted by Gasteiger charge is -2.08. The van der Waals surface area contributed by atoms with Gasteiger partial charge in [-0.25, -0.2) is 17.5 Å². The van der Waals surface area contributed by atoms with E-state index >= 15 is 0 Å². The van der Waals surface area contributed by atoms with E-state index in [0.29, 0.717) is 11.4 Å². The summed E-state index contributed by atoms with van der Waals surface area (Å²) in [5.41, 5.74) is 0.495. The molecule has 0 saturated heterocycles. The Morgan fingerprint density at radius 3 is 2.41 bits per heavy atom. The second kappa shape index (κ2) is 9.85. The van der Waals surface area contributed by atoms with E-state index in [1.807, 2.05) is 0 Å². The molecule has 0 spiro atoms. The summed E-state index contributed by atoms with van der Waals surface area (Å²) < 4.78 is 47.1. The first-order chi connectivity index (χ1) is 16.3. The minimum atomic E-state index is -3.91. The molecular weight excluding hydrogens is 487 g/mol. The number of hydrogen-bond donors (Lipinski definition) is 2. The zero-order chi connectivity index (χ0) is 24.1. The molecule has 0 bridgehead atoms. The van der Waals surface area contributed by atoms with Crippen LogP contribution in [0, 0.1) is 5.82 Å². The van der Waals surface area contributed by atoms with Crippen molar-refractivity contribution in [2.75, 3.05) is 10.0 Å². The van der Waals surface area contributed by atoms with Gasteiger partial charge in [-0.2, -0.15) is 5.10 Å². The maximum Gasteiger partial charge on any atom is 0.276 e. The van der Waals surface area contributed by atoms with Gasteiger partial charge >= 0.3 is 0 Å². The number of sulfonamides is 1. The number of rotatable bonds is 8. The first-order valence-electron chi connectivity index (χ1n) is 9.64. The van der Waals surface area contributed by atoms with Gasteiger partial charge in [-0.1, -0.05) is 11.6 Å². The molecular formula is C21H16ClFN6O4S. The van der Waals surface area contributed by atoms with Gasteiger partial charge in [0.2, 0.25) is 0 Å². The fourth-order valence-electron chi connectivity index (χ4n) is 2.71. The van der Waals surface area contributed by atoms with Crippen molar-refractivity contribution in [3.8, 4) is 5.75 Å². The van der Waals surface area contributed by atoms with Crippen LogP contribution in [0.3, 0.4) is 0 Å². The molecule has 0 aliphatic heterocycles. The Labute approximate surface area is 198 Å². The molecule has 4 aromatic rings. The Hall–Kier alpha value is -4.03. The zero-order valence-corrected chi connectivity index (χ0v) is 18.8. The average Bonchev–Trinajstić information content (AvgIpc) is 3.30. The topological polar surface area (TPSA) is 128 Å². The number of carbonyl (C=O) groups excluding carboxylic acids is 1. The van der Waals surface area contributed by atoms with Gasteiger partial charge in [-0.05, 0) is 66.7 Å². The van der Waals surface area contributed by atoms with E-state index in [9.17, 15) is 17.6 Å². The summed E-state index contributed by atoms with van der Waals surface area (Å²) in [5, 5.41) is 14.1. The van der Waals surface area contributed by atoms with Crippen LogP contribution in [0.25, 0.3) is 0 Å². The third-order valence-electron chi connectivity index (χ3n) is 4.34. The van der Waals surface area contributed by atoms with Gasteiger partial charge in [0.25, 0.3) is 15.9 Å². The first kappa shape index (κ1) is 23.1. The predicted molar refractivity (Wildman–Crippen MR) is 122 cm³/mol. The monoisotopic (exact) mass is 502 g/mol. The van der Waals surface area contributed by atoms with Crippen molar-refractivity contribution in [3.05, 3.63) is 89.6 Å². The maximum atomic E-state index is 12.9. The summed E-state index contributed by atoms with van der Waals surface area (Å²) in [6, 6.07) is 15.3. The Balaban J connectivity index is 1.35. The van der Waals surface area contributed by atoms with Crippen molar-refractivity contribution in [3.63, 3.8) is 0 Å². The number of nitrogens with one attached hydrogen (secondary N) is 2. The lowest BCUT2D eigenvalue weighted by Crippen LogP contribution is -2.15. The third-order valence-corrected chi connectivity index (χ3v) is 5.92. The SMILES string of the molecule is O=C(Nc1ccc(S(=O)(=O)Nc2ccc(Cl)nn2)cc1)c1ccn(COc2ccc(F)cc2)n1. The van der Waals surface area contributed by atoms with Crippen LogP contribution in [0.2, 0.25) is 5.15 Å². The van der Waals surface area contributed by atoms with Crippen LogP contribution in [-0.4, -0.2) is 34.3 Å². The molecule has 10 nitrogen and oxygen atoms in total. The minimum absolute atomic E-state index is 0.0146. The van der Waals surface area contributed by atoms with E-state index in [4.69, 9.17) is 16.3 Å². The van der Waals surface area contributed by atoms with Gasteiger partial charge in [0.05, 0.1) is 4.90 Å². The standard InChI is InChI=1S/C21H16ClFN6O4S/c22-19-9-10-20(26-25-19)28-34(31,32)17-7-3-15(4-8-17)24-21(30)18-11-12-29(27-18)13-33-16-5-1-14(23)2-6-16/h1-12H,13H2,(H,24,30)(H,26,28). The van der Waals surface area contributed by atoms with E-state index in [1.165, 1.54) is 71.4 Å². The second-order valence-electron chi connectivity index (χ2n) is 6.79. The van der Waals surface area contributed by atoms with E-state index < -0.39 is 15.9 Å². The quantitative estimate of drug-likeness (QED) is 0.377. The summed E-state index contributed by atoms with van der Waals surface area (Å²) in [5.74, 6) is -0.398. The molecule has 4 rings (SSSR count). The molecule has 0 fully saturated rings. The highest BCUT2D eigenvalue weighted by atomic mass is 35.5. The fraction of sp³-hybridized carbons (Fsp3) is 0.0476. The van der Waals surface area contributed by atoms with Gasteiger partial charge in [-0.3, -0.25) is 9.52 Å². The minimum Gasteiger partial charge on any atom is -0.471 e. The van der Waals surface area contributed by atoms with Crippen molar-refractivity contribution < 1.29 is 22.3 Å². The largest absolute Gasteiger partial charge is 0.471 e. The molecule has 0 saturated carbocycles. The number of benzene rings is 2. The summed E-state index contributed by atoms with van der Waals surface area (Å²) in [4.78, 5) is 12.4. The number of anilines is 2. The maximum absolute atomic E-state index is 12.9. The van der Waals surface area contributed by atoms with Crippen LogP contribution in [0.5, 0.6) is 5.75 Å². The lowest BCUT2D eigenvalue weighted by molar-refractivity contribution is 0.102. The zero-order valence-electron chi connectivity index (χ0n) is 17.2. The number of amides is 1. The van der Waals surface area contributed by atoms with Gasteiger partial charge in [0, 0.05) is 11.9 Å². The lowest BCUT2D eigenvalue weighted by atomic mass is 10.3. The number of halogens is 2. The Bertz CT molecular complexity index is 1390. The highest BCUT2D eigenvalue weighted by Gasteiger charge is 2.16. The molecule has 1 amide bonds. The van der Waals surface area contributed by atoms with E-state index in [2.05, 4.69) is 25.3 Å². The molecule has 13 heteroatoms. The highest BCUT2D eigenvalue weighted by molar-refractivity contribution is 7.92. The Morgan fingerprint density at radius 2 is 1.74 bits per heavy atom. The third kappa shape index (κ3) is 5.85. The predicted octanol–water partition coefficient (Wildman–Crippen LogP) is 3.56. The number of aromatic nitrogens is 4. The van der Waals surface area contributed by atoms with Gasteiger partial charge < -0.3 is 10.1 Å². The van der Waals surface area contributed by atoms with Gasteiger partial charge in [0.1, 0.15) is 11.6 Å². The van der Waals surface area contributed by atoms with Crippen LogP contribution in [-0.2, 0) is 16.8 Å². The summed E-state index contributed by atoms with van der Waals surface area (Å²) >= 11 is 5.64. The molecule has 2 N–H and O–H groups in total. The Morgan fingerprint density at radius 1 is 1.00 bits per heavy atom. The molecule has 0 aliphatic carbocycles. The molecule has 2 aromatic carbocycles.